The van der Waals surface area contributed by atoms with Crippen LogP contribution in [0.15, 0.2) is 0 Å². The highest BCUT2D eigenvalue weighted by molar-refractivity contribution is 4.91. The van der Waals surface area contributed by atoms with E-state index in [9.17, 15) is 0 Å². The maximum absolute atomic E-state index is 5.97. The van der Waals surface area contributed by atoms with Crippen LogP contribution in [-0.2, 0) is 4.74 Å². The Hall–Kier alpha value is -0.160. The number of nitrogens with two attached hydrogens (primary N) is 1. The van der Waals surface area contributed by atoms with E-state index in [4.69, 9.17) is 10.5 Å². The van der Waals surface area contributed by atoms with Crippen molar-refractivity contribution in [3.8, 4) is 0 Å². The van der Waals surface area contributed by atoms with E-state index in [0.29, 0.717) is 6.54 Å². The van der Waals surface area contributed by atoms with Gasteiger partial charge in [-0.05, 0) is 32.6 Å². The van der Waals surface area contributed by atoms with Gasteiger partial charge in [-0.2, -0.15) is 0 Å². The zero-order chi connectivity index (χ0) is 13.0. The highest BCUT2D eigenvalue weighted by Gasteiger charge is 2.34. The molecule has 4 heteroatoms. The zero-order valence-corrected chi connectivity index (χ0v) is 12.0. The van der Waals surface area contributed by atoms with Crippen LogP contribution in [0.3, 0.4) is 0 Å². The molecule has 1 saturated carbocycles. The standard InChI is InChI=1S/C14H29N3O/c1-3-18-12-14(2,11-15)17-8-6-16(7-9-17)10-13-4-5-13/h13H,3-12,15H2,1-2H3. The van der Waals surface area contributed by atoms with E-state index >= 15 is 0 Å². The van der Waals surface area contributed by atoms with Crippen molar-refractivity contribution in [2.24, 2.45) is 11.7 Å². The summed E-state index contributed by atoms with van der Waals surface area (Å²) in [6, 6.07) is 0. The number of piperazine rings is 1. The van der Waals surface area contributed by atoms with E-state index in [1.807, 2.05) is 6.92 Å². The maximum Gasteiger partial charge on any atom is 0.0659 e. The summed E-state index contributed by atoms with van der Waals surface area (Å²) < 4.78 is 5.61. The fourth-order valence-electron chi connectivity index (χ4n) is 2.74. The van der Waals surface area contributed by atoms with Crippen molar-refractivity contribution in [2.75, 3.05) is 52.5 Å². The van der Waals surface area contributed by atoms with Crippen LogP contribution in [0.1, 0.15) is 26.7 Å². The van der Waals surface area contributed by atoms with Crippen molar-refractivity contribution in [3.05, 3.63) is 0 Å². The Kier molecular flexibility index (Phi) is 5.01. The molecule has 106 valence electrons. The van der Waals surface area contributed by atoms with Crippen molar-refractivity contribution in [3.63, 3.8) is 0 Å². The van der Waals surface area contributed by atoms with Gasteiger partial charge in [-0.15, -0.1) is 0 Å². The van der Waals surface area contributed by atoms with Gasteiger partial charge in [0.25, 0.3) is 0 Å². The quantitative estimate of drug-likeness (QED) is 0.729. The topological polar surface area (TPSA) is 41.7 Å². The Bertz CT molecular complexity index is 249. The third-order valence-electron chi connectivity index (χ3n) is 4.41. The number of nitrogens with zero attached hydrogens (tertiary/aromatic N) is 2. The first-order valence-corrected chi connectivity index (χ1v) is 7.43. The number of hydrogen-bond acceptors (Lipinski definition) is 4. The summed E-state index contributed by atoms with van der Waals surface area (Å²) in [6.07, 6.45) is 2.90. The molecule has 4 nitrogen and oxygen atoms in total. The molecule has 1 unspecified atom stereocenters. The van der Waals surface area contributed by atoms with E-state index < -0.39 is 0 Å². The van der Waals surface area contributed by atoms with E-state index in [1.54, 1.807) is 0 Å². The Morgan fingerprint density at radius 3 is 2.39 bits per heavy atom. The first kappa shape index (κ1) is 14.3. The Balaban J connectivity index is 1.78. The van der Waals surface area contributed by atoms with Crippen molar-refractivity contribution in [1.82, 2.24) is 9.80 Å². The summed E-state index contributed by atoms with van der Waals surface area (Å²) in [4.78, 5) is 5.14. The van der Waals surface area contributed by atoms with Gasteiger partial charge in [0.2, 0.25) is 0 Å². The van der Waals surface area contributed by atoms with Gasteiger partial charge in [0.1, 0.15) is 0 Å². The van der Waals surface area contributed by atoms with Crippen LogP contribution in [0, 0.1) is 5.92 Å². The minimum atomic E-state index is 0.0156. The molecule has 18 heavy (non-hydrogen) atoms. The van der Waals surface area contributed by atoms with Crippen molar-refractivity contribution in [1.29, 1.82) is 0 Å². The molecule has 0 spiro atoms. The van der Waals surface area contributed by atoms with Gasteiger partial charge in [0, 0.05) is 45.9 Å². The average molecular weight is 255 g/mol. The minimum Gasteiger partial charge on any atom is -0.380 e. The second-order valence-corrected chi connectivity index (χ2v) is 6.07. The lowest BCUT2D eigenvalue weighted by molar-refractivity contribution is -0.0151. The van der Waals surface area contributed by atoms with Gasteiger partial charge in [-0.3, -0.25) is 4.90 Å². The minimum absolute atomic E-state index is 0.0156. The summed E-state index contributed by atoms with van der Waals surface area (Å²) in [5.41, 5.74) is 5.98. The zero-order valence-electron chi connectivity index (χ0n) is 12.0. The molecule has 0 aromatic rings. The molecule has 0 aromatic carbocycles. The number of hydrogen-bond donors (Lipinski definition) is 1. The summed E-state index contributed by atoms with van der Waals surface area (Å²) in [5.74, 6) is 1.00. The molecule has 2 fully saturated rings. The summed E-state index contributed by atoms with van der Waals surface area (Å²) in [7, 11) is 0. The maximum atomic E-state index is 5.97. The predicted molar refractivity (Wildman–Crippen MR) is 74.7 cm³/mol. The molecule has 0 aromatic heterocycles. The van der Waals surface area contributed by atoms with Crippen LogP contribution in [-0.4, -0.2) is 67.8 Å². The predicted octanol–water partition coefficient (Wildman–Crippen LogP) is 0.768. The average Bonchev–Trinajstić information content (AvgIpc) is 3.21. The van der Waals surface area contributed by atoms with Gasteiger partial charge in [0.15, 0.2) is 0 Å². The molecular weight excluding hydrogens is 226 g/mol. The van der Waals surface area contributed by atoms with E-state index in [-0.39, 0.29) is 5.54 Å². The van der Waals surface area contributed by atoms with Crippen LogP contribution in [0.5, 0.6) is 0 Å². The number of rotatable bonds is 7. The molecule has 1 aliphatic heterocycles. The van der Waals surface area contributed by atoms with Crippen molar-refractivity contribution < 1.29 is 4.74 Å². The third-order valence-corrected chi connectivity index (χ3v) is 4.41. The Morgan fingerprint density at radius 2 is 1.89 bits per heavy atom. The fourth-order valence-corrected chi connectivity index (χ4v) is 2.74. The Labute approximate surface area is 111 Å². The summed E-state index contributed by atoms with van der Waals surface area (Å²) in [5, 5.41) is 0. The molecule has 0 radical (unpaired) electrons. The molecule has 0 amide bonds. The van der Waals surface area contributed by atoms with Crippen LogP contribution < -0.4 is 5.73 Å². The van der Waals surface area contributed by atoms with Gasteiger partial charge in [0.05, 0.1) is 12.1 Å². The second kappa shape index (κ2) is 6.33. The van der Waals surface area contributed by atoms with Crippen molar-refractivity contribution >= 4 is 0 Å². The Morgan fingerprint density at radius 1 is 1.22 bits per heavy atom. The van der Waals surface area contributed by atoms with E-state index in [1.165, 1.54) is 32.5 Å². The van der Waals surface area contributed by atoms with Gasteiger partial charge >= 0.3 is 0 Å². The van der Waals surface area contributed by atoms with Crippen LogP contribution in [0.2, 0.25) is 0 Å². The van der Waals surface area contributed by atoms with Crippen LogP contribution in [0.25, 0.3) is 0 Å². The molecule has 0 bridgehead atoms. The van der Waals surface area contributed by atoms with Gasteiger partial charge < -0.3 is 15.4 Å². The van der Waals surface area contributed by atoms with E-state index in [0.717, 1.165) is 32.2 Å². The first-order valence-electron chi connectivity index (χ1n) is 7.43. The lowest BCUT2D eigenvalue weighted by atomic mass is 10.00. The van der Waals surface area contributed by atoms with Gasteiger partial charge in [-0.25, -0.2) is 0 Å². The fraction of sp³-hybridized carbons (Fsp3) is 1.00. The summed E-state index contributed by atoms with van der Waals surface area (Å²) in [6.45, 7) is 12.5. The normalized spacial score (nSPS) is 26.2. The smallest absolute Gasteiger partial charge is 0.0659 e. The first-order chi connectivity index (χ1) is 8.68. The highest BCUT2D eigenvalue weighted by atomic mass is 16.5. The number of ether oxygens (including phenoxy) is 1. The van der Waals surface area contributed by atoms with E-state index in [2.05, 4.69) is 16.7 Å². The second-order valence-electron chi connectivity index (χ2n) is 6.07. The van der Waals surface area contributed by atoms with Crippen molar-refractivity contribution in [2.45, 2.75) is 32.2 Å². The van der Waals surface area contributed by atoms with Gasteiger partial charge in [-0.1, -0.05) is 0 Å². The lowest BCUT2D eigenvalue weighted by Gasteiger charge is -2.45. The molecule has 1 aliphatic carbocycles. The SMILES string of the molecule is CCOCC(C)(CN)N1CCN(CC2CC2)CC1. The monoisotopic (exact) mass is 255 g/mol. The molecule has 2 rings (SSSR count). The largest absolute Gasteiger partial charge is 0.380 e. The molecule has 1 heterocycles. The molecule has 1 atom stereocenters. The lowest BCUT2D eigenvalue weighted by Crippen LogP contribution is -2.61. The molecule has 1 saturated heterocycles. The molecule has 2 aliphatic rings. The molecule has 2 N–H and O–H groups in total. The van der Waals surface area contributed by atoms with Crippen LogP contribution >= 0.6 is 0 Å². The van der Waals surface area contributed by atoms with Crippen LogP contribution in [0.4, 0.5) is 0 Å². The third kappa shape index (κ3) is 3.67. The highest BCUT2D eigenvalue weighted by Crippen LogP contribution is 2.30. The molecular formula is C14H29N3O. The summed E-state index contributed by atoms with van der Waals surface area (Å²) >= 11 is 0.